The van der Waals surface area contributed by atoms with E-state index in [9.17, 15) is 14.4 Å². The molecule has 6 heteroatoms. The Kier molecular flexibility index (Phi) is 6.39. The molecule has 0 saturated carbocycles. The summed E-state index contributed by atoms with van der Waals surface area (Å²) in [5.41, 5.74) is 6.26. The summed E-state index contributed by atoms with van der Waals surface area (Å²) in [5, 5.41) is 4.86. The lowest BCUT2D eigenvalue weighted by Crippen LogP contribution is -2.46. The van der Waals surface area contributed by atoms with Gasteiger partial charge in [0, 0.05) is 6.42 Å². The Balaban J connectivity index is 2.42. The fourth-order valence-corrected chi connectivity index (χ4v) is 1.55. The number of nitrogens with one attached hydrogen (secondary N) is 2. The number of rotatable bonds is 7. The molecule has 0 aliphatic rings. The number of hydrogen-bond acceptors (Lipinski definition) is 4. The largest absolute Gasteiger partial charge is 0.346 e. The van der Waals surface area contributed by atoms with Crippen LogP contribution in [0.15, 0.2) is 30.3 Å². The molecule has 2 amide bonds. The van der Waals surface area contributed by atoms with Gasteiger partial charge in [-0.3, -0.25) is 14.4 Å². The van der Waals surface area contributed by atoms with E-state index in [0.29, 0.717) is 6.42 Å². The minimum atomic E-state index is -0.739. The van der Waals surface area contributed by atoms with Crippen molar-refractivity contribution in [3.8, 4) is 0 Å². The molecule has 0 bridgehead atoms. The number of nitrogens with two attached hydrogens (primary N) is 1. The zero-order valence-electron chi connectivity index (χ0n) is 11.3. The van der Waals surface area contributed by atoms with E-state index in [1.165, 1.54) is 6.92 Å². The highest BCUT2D eigenvalue weighted by atomic mass is 16.2. The number of hydrogen-bond donors (Lipinski definition) is 3. The summed E-state index contributed by atoms with van der Waals surface area (Å²) in [6.07, 6.45) is 2.13. The van der Waals surface area contributed by atoms with Crippen LogP contribution < -0.4 is 16.4 Å². The third kappa shape index (κ3) is 5.62. The van der Waals surface area contributed by atoms with E-state index >= 15 is 0 Å². The molecule has 2 atom stereocenters. The molecule has 0 fully saturated rings. The number of benzene rings is 1. The predicted molar refractivity (Wildman–Crippen MR) is 74.4 cm³/mol. The summed E-state index contributed by atoms with van der Waals surface area (Å²) in [7, 11) is 0. The van der Waals surface area contributed by atoms with Crippen LogP contribution in [-0.2, 0) is 20.8 Å². The van der Waals surface area contributed by atoms with Crippen LogP contribution in [-0.4, -0.2) is 36.7 Å². The van der Waals surface area contributed by atoms with Crippen molar-refractivity contribution in [3.63, 3.8) is 0 Å². The van der Waals surface area contributed by atoms with Gasteiger partial charge in [0.1, 0.15) is 0 Å². The van der Waals surface area contributed by atoms with Crippen LogP contribution >= 0.6 is 0 Å². The van der Waals surface area contributed by atoms with Gasteiger partial charge in [-0.05, 0) is 12.5 Å². The summed E-state index contributed by atoms with van der Waals surface area (Å²) < 4.78 is 0. The molecule has 0 aromatic heterocycles. The topological polar surface area (TPSA) is 101 Å². The maximum Gasteiger partial charge on any atom is 0.240 e. The van der Waals surface area contributed by atoms with Gasteiger partial charge in [-0.2, -0.15) is 0 Å². The molecular weight excluding hydrogens is 258 g/mol. The van der Waals surface area contributed by atoms with E-state index in [2.05, 4.69) is 10.6 Å². The summed E-state index contributed by atoms with van der Waals surface area (Å²) in [5.74, 6) is -0.877. The van der Waals surface area contributed by atoms with Crippen molar-refractivity contribution in [2.45, 2.75) is 25.4 Å². The van der Waals surface area contributed by atoms with Crippen molar-refractivity contribution in [2.75, 3.05) is 6.54 Å². The minimum absolute atomic E-state index is 0.215. The lowest BCUT2D eigenvalue weighted by atomic mass is 10.1. The molecule has 1 aromatic rings. The first kappa shape index (κ1) is 15.8. The minimum Gasteiger partial charge on any atom is -0.346 e. The molecule has 107 valence electrons. The number of amides is 2. The van der Waals surface area contributed by atoms with Crippen molar-refractivity contribution in [1.29, 1.82) is 0 Å². The molecule has 1 radical (unpaired) electrons. The molecule has 4 N–H and O–H groups in total. The summed E-state index contributed by atoms with van der Waals surface area (Å²) >= 11 is 0. The average Bonchev–Trinajstić information content (AvgIpc) is 2.44. The Labute approximate surface area is 117 Å². The Morgan fingerprint density at radius 3 is 2.50 bits per heavy atom. The molecule has 1 aromatic carbocycles. The van der Waals surface area contributed by atoms with Crippen LogP contribution in [0.4, 0.5) is 0 Å². The van der Waals surface area contributed by atoms with Gasteiger partial charge in [-0.25, -0.2) is 0 Å². The monoisotopic (exact) mass is 276 g/mol. The number of carbonyl (C=O) groups excluding carboxylic acids is 3. The second-order valence-corrected chi connectivity index (χ2v) is 4.43. The van der Waals surface area contributed by atoms with Crippen LogP contribution in [0.2, 0.25) is 0 Å². The third-order valence-electron chi connectivity index (χ3n) is 2.60. The molecule has 0 aliphatic heterocycles. The van der Waals surface area contributed by atoms with Crippen molar-refractivity contribution in [3.05, 3.63) is 35.9 Å². The Bertz CT molecular complexity index is 460. The highest BCUT2D eigenvalue weighted by molar-refractivity contribution is 5.88. The van der Waals surface area contributed by atoms with Gasteiger partial charge in [0.25, 0.3) is 0 Å². The standard InChI is InChI=1S/C14H18N3O3/c1-10(15)14(20)16-8-13(19)17-12(9-18)7-11-5-3-2-4-6-11/h2-6,10,12H,7-8,15H2,1H3,(H,16,20)(H,17,19). The van der Waals surface area contributed by atoms with Crippen molar-refractivity contribution in [2.24, 2.45) is 5.73 Å². The molecule has 0 aliphatic carbocycles. The molecule has 6 nitrogen and oxygen atoms in total. The maximum absolute atomic E-state index is 11.6. The summed E-state index contributed by atoms with van der Waals surface area (Å²) in [6, 6.07) is 7.86. The van der Waals surface area contributed by atoms with E-state index in [0.717, 1.165) is 5.56 Å². The zero-order chi connectivity index (χ0) is 15.0. The second kappa shape index (κ2) is 8.06. The van der Waals surface area contributed by atoms with E-state index in [-0.39, 0.29) is 6.54 Å². The van der Waals surface area contributed by atoms with Crippen molar-refractivity contribution in [1.82, 2.24) is 10.6 Å². The molecule has 0 spiro atoms. The van der Waals surface area contributed by atoms with Crippen molar-refractivity contribution >= 4 is 18.1 Å². The maximum atomic E-state index is 11.6. The van der Waals surface area contributed by atoms with E-state index in [1.54, 1.807) is 6.29 Å². The Hall–Kier alpha value is -2.21. The third-order valence-corrected chi connectivity index (χ3v) is 2.60. The van der Waals surface area contributed by atoms with E-state index in [1.807, 2.05) is 30.3 Å². The van der Waals surface area contributed by atoms with Crippen molar-refractivity contribution < 1.29 is 14.4 Å². The fourth-order valence-electron chi connectivity index (χ4n) is 1.55. The van der Waals surface area contributed by atoms with Crippen LogP contribution in [0.1, 0.15) is 12.5 Å². The molecule has 0 heterocycles. The summed E-state index contributed by atoms with van der Waals surface area (Å²) in [6.45, 7) is 1.30. The van der Waals surface area contributed by atoms with Crippen LogP contribution in [0.25, 0.3) is 0 Å². The molecule has 0 saturated heterocycles. The smallest absolute Gasteiger partial charge is 0.240 e. The highest BCUT2D eigenvalue weighted by Crippen LogP contribution is 2.01. The van der Waals surface area contributed by atoms with E-state index < -0.39 is 23.9 Å². The quantitative estimate of drug-likeness (QED) is 0.612. The molecule has 2 unspecified atom stereocenters. The van der Waals surface area contributed by atoms with Gasteiger partial charge in [0.05, 0.1) is 18.6 Å². The van der Waals surface area contributed by atoms with Gasteiger partial charge >= 0.3 is 0 Å². The van der Waals surface area contributed by atoms with Gasteiger partial charge in [0.15, 0.2) is 0 Å². The first-order valence-electron chi connectivity index (χ1n) is 6.27. The van der Waals surface area contributed by atoms with Crippen LogP contribution in [0.5, 0.6) is 0 Å². The second-order valence-electron chi connectivity index (χ2n) is 4.43. The van der Waals surface area contributed by atoms with Crippen LogP contribution in [0, 0.1) is 0 Å². The molecule has 1 rings (SSSR count). The fraction of sp³-hybridized carbons (Fsp3) is 0.357. The first-order chi connectivity index (χ1) is 9.52. The zero-order valence-corrected chi connectivity index (χ0v) is 11.3. The lowest BCUT2D eigenvalue weighted by molar-refractivity contribution is -0.126. The lowest BCUT2D eigenvalue weighted by Gasteiger charge is -2.13. The molecular formula is C14H18N3O3. The van der Waals surface area contributed by atoms with Gasteiger partial charge in [-0.15, -0.1) is 0 Å². The van der Waals surface area contributed by atoms with Crippen LogP contribution in [0.3, 0.4) is 0 Å². The highest BCUT2D eigenvalue weighted by Gasteiger charge is 2.14. The Morgan fingerprint density at radius 1 is 1.30 bits per heavy atom. The molecule has 20 heavy (non-hydrogen) atoms. The average molecular weight is 276 g/mol. The Morgan fingerprint density at radius 2 is 1.95 bits per heavy atom. The normalized spacial score (nSPS) is 13.1. The summed E-state index contributed by atoms with van der Waals surface area (Å²) in [4.78, 5) is 33.6. The SMILES string of the molecule is CC(N)C(=O)NCC(=O)NC([C]=O)Cc1ccccc1. The van der Waals surface area contributed by atoms with Gasteiger partial charge in [-0.1, -0.05) is 30.3 Å². The predicted octanol–water partition coefficient (Wildman–Crippen LogP) is -0.713. The van der Waals surface area contributed by atoms with Gasteiger partial charge in [0.2, 0.25) is 18.1 Å². The van der Waals surface area contributed by atoms with Gasteiger partial charge < -0.3 is 16.4 Å². The first-order valence-corrected chi connectivity index (χ1v) is 6.27. The number of carbonyl (C=O) groups is 2. The van der Waals surface area contributed by atoms with E-state index in [4.69, 9.17) is 5.73 Å².